The van der Waals surface area contributed by atoms with Gasteiger partial charge in [-0.2, -0.15) is 4.57 Å². The summed E-state index contributed by atoms with van der Waals surface area (Å²) >= 11 is 0. The van der Waals surface area contributed by atoms with Gasteiger partial charge in [0.15, 0.2) is 6.20 Å². The van der Waals surface area contributed by atoms with E-state index in [1.807, 2.05) is 0 Å². The van der Waals surface area contributed by atoms with Crippen molar-refractivity contribution < 1.29 is 4.57 Å². The molecule has 0 amide bonds. The molecule has 0 spiro atoms. The maximum atomic E-state index is 4.36. The van der Waals surface area contributed by atoms with Gasteiger partial charge in [0.25, 0.3) is 5.66 Å². The Morgan fingerprint density at radius 1 is 0.879 bits per heavy atom. The number of benzene rings is 3. The molecule has 1 aliphatic carbocycles. The van der Waals surface area contributed by atoms with Crippen LogP contribution in [0.15, 0.2) is 85.6 Å². The van der Waals surface area contributed by atoms with Crippen molar-refractivity contribution in [3.63, 3.8) is 0 Å². The summed E-state index contributed by atoms with van der Waals surface area (Å²) in [6.45, 7) is 13.7. The lowest BCUT2D eigenvalue weighted by Gasteiger charge is -2.35. The Bertz CT molecular complexity index is 1460. The van der Waals surface area contributed by atoms with E-state index < -0.39 is 5.66 Å². The highest BCUT2D eigenvalue weighted by Crippen LogP contribution is 2.57. The first-order valence-corrected chi connectivity index (χ1v) is 11.9. The molecule has 1 atom stereocenters. The summed E-state index contributed by atoms with van der Waals surface area (Å²) < 4.78 is 2.42. The smallest absolute Gasteiger partial charge is 0.236 e. The molecular weight excluding hydrogens is 400 g/mol. The average molecular weight is 432 g/mol. The first-order chi connectivity index (χ1) is 15.8. The number of fused-ring (bicyclic) bond motifs is 9. The number of pyridine rings is 1. The lowest BCUT2D eigenvalue weighted by atomic mass is 9.76. The molecule has 6 rings (SSSR count). The minimum atomic E-state index is -0.415. The van der Waals surface area contributed by atoms with Crippen LogP contribution in [0.2, 0.25) is 0 Å². The molecular formula is C31H31N2+. The van der Waals surface area contributed by atoms with Gasteiger partial charge in [0.2, 0.25) is 5.69 Å². The molecule has 33 heavy (non-hydrogen) atoms. The fourth-order valence-electron chi connectivity index (χ4n) is 6.52. The van der Waals surface area contributed by atoms with Crippen molar-refractivity contribution in [1.29, 1.82) is 0 Å². The fraction of sp³-hybridized carbons (Fsp3) is 0.258. The maximum Gasteiger partial charge on any atom is 0.270 e. The largest absolute Gasteiger partial charge is 0.270 e. The van der Waals surface area contributed by atoms with E-state index in [-0.39, 0.29) is 5.41 Å². The number of rotatable bonds is 3. The molecule has 0 saturated carbocycles. The normalized spacial score (nSPS) is 19.5. The zero-order valence-corrected chi connectivity index (χ0v) is 20.2. The van der Waals surface area contributed by atoms with Crippen molar-refractivity contribution in [3.05, 3.63) is 102 Å². The van der Waals surface area contributed by atoms with Crippen molar-refractivity contribution in [3.8, 4) is 22.4 Å². The second-order valence-corrected chi connectivity index (χ2v) is 10.3. The van der Waals surface area contributed by atoms with E-state index in [2.05, 4.69) is 130 Å². The number of hydrogen-bond acceptors (Lipinski definition) is 1. The highest BCUT2D eigenvalue weighted by atomic mass is 15.4. The van der Waals surface area contributed by atoms with Crippen LogP contribution in [0.1, 0.15) is 44.4 Å². The third-order valence-corrected chi connectivity index (χ3v) is 8.15. The van der Waals surface area contributed by atoms with Crippen molar-refractivity contribution in [2.75, 3.05) is 7.05 Å². The zero-order valence-electron chi connectivity index (χ0n) is 20.2. The number of hydrogen-bond donors (Lipinski definition) is 0. The Balaban J connectivity index is 1.75. The van der Waals surface area contributed by atoms with Gasteiger partial charge in [-0.3, -0.25) is 0 Å². The number of nitrogens with zero attached hydrogens (tertiary/aromatic N) is 2. The van der Waals surface area contributed by atoms with Gasteiger partial charge in [-0.25, -0.2) is 4.90 Å². The van der Waals surface area contributed by atoms with Crippen molar-refractivity contribution in [2.45, 2.75) is 44.8 Å². The number of likely N-dealkylation sites (N-methyl/N-ethyl adjacent to an activating group) is 1. The van der Waals surface area contributed by atoms with Crippen LogP contribution in [0.25, 0.3) is 33.2 Å². The molecule has 1 aromatic heterocycles. The molecule has 0 bridgehead atoms. The molecule has 0 saturated heterocycles. The third-order valence-electron chi connectivity index (χ3n) is 8.15. The highest BCUT2D eigenvalue weighted by molar-refractivity contribution is 5.99. The molecule has 1 unspecified atom stereocenters. The Kier molecular flexibility index (Phi) is 4.11. The summed E-state index contributed by atoms with van der Waals surface area (Å²) in [5.74, 6) is 0. The monoisotopic (exact) mass is 431 g/mol. The van der Waals surface area contributed by atoms with E-state index in [0.29, 0.717) is 6.04 Å². The molecule has 2 aliphatic rings. The maximum absolute atomic E-state index is 4.36. The quantitative estimate of drug-likeness (QED) is 0.260. The summed E-state index contributed by atoms with van der Waals surface area (Å²) in [6.07, 6.45) is 4.34. The molecule has 2 nitrogen and oxygen atoms in total. The number of aromatic nitrogens is 1. The molecule has 4 aromatic rings. The Hall–Kier alpha value is -3.23. The van der Waals surface area contributed by atoms with Gasteiger partial charge in [0.05, 0.1) is 11.1 Å². The van der Waals surface area contributed by atoms with Gasteiger partial charge < -0.3 is 0 Å². The lowest BCUT2D eigenvalue weighted by Crippen LogP contribution is -2.64. The molecule has 0 radical (unpaired) electrons. The summed E-state index contributed by atoms with van der Waals surface area (Å²) in [5, 5.41) is 2.67. The first-order valence-electron chi connectivity index (χ1n) is 11.9. The van der Waals surface area contributed by atoms with Crippen molar-refractivity contribution in [2.24, 2.45) is 0 Å². The second-order valence-electron chi connectivity index (χ2n) is 10.3. The van der Waals surface area contributed by atoms with Crippen LogP contribution < -0.4 is 4.57 Å². The van der Waals surface area contributed by atoms with Crippen molar-refractivity contribution >= 4 is 10.8 Å². The fourth-order valence-corrected chi connectivity index (χ4v) is 6.52. The van der Waals surface area contributed by atoms with E-state index in [1.165, 1.54) is 49.8 Å². The van der Waals surface area contributed by atoms with Crippen LogP contribution in [-0.2, 0) is 11.1 Å². The highest BCUT2D eigenvalue weighted by Gasteiger charge is 2.55. The molecule has 3 aromatic carbocycles. The summed E-state index contributed by atoms with van der Waals surface area (Å²) in [6, 6.07) is 25.0. The molecule has 164 valence electrons. The predicted octanol–water partition coefficient (Wildman–Crippen LogP) is 6.64. The van der Waals surface area contributed by atoms with Gasteiger partial charge in [0.1, 0.15) is 0 Å². The third kappa shape index (κ3) is 2.34. The Morgan fingerprint density at radius 3 is 2.33 bits per heavy atom. The first kappa shape index (κ1) is 20.4. The molecule has 2 heteroatoms. The molecule has 0 fully saturated rings. The van der Waals surface area contributed by atoms with E-state index in [9.17, 15) is 0 Å². The topological polar surface area (TPSA) is 7.12 Å². The standard InChI is InChI=1S/C31H31N2/c1-7-31(32(6)20(2)3)25-18-17-24-23-16-15-21-12-8-9-13-22(21)28(23)30(4,5)29(24)27(25)26-14-10-11-19-33(26)31/h7-20H,1H2,2-6H3/q+1. The average Bonchev–Trinajstić information content (AvgIpc) is 3.25. The van der Waals surface area contributed by atoms with Gasteiger partial charge in [-0.1, -0.05) is 62.9 Å². The van der Waals surface area contributed by atoms with Gasteiger partial charge in [-0.05, 0) is 66.1 Å². The summed E-state index contributed by atoms with van der Waals surface area (Å²) in [4.78, 5) is 2.44. The predicted molar refractivity (Wildman–Crippen MR) is 137 cm³/mol. The Morgan fingerprint density at radius 2 is 1.58 bits per heavy atom. The SMILES string of the molecule is C=CC1(N(C)C(C)C)c2ccc3c(c2-c2cccc[n+]21)C(C)(C)c1c-3ccc2ccccc12. The van der Waals surface area contributed by atoms with Gasteiger partial charge in [-0.15, -0.1) is 0 Å². The minimum absolute atomic E-state index is 0.113. The van der Waals surface area contributed by atoms with Crippen LogP contribution in [-0.4, -0.2) is 18.0 Å². The van der Waals surface area contributed by atoms with Crippen LogP contribution >= 0.6 is 0 Å². The van der Waals surface area contributed by atoms with E-state index in [4.69, 9.17) is 0 Å². The molecule has 0 N–H and O–H groups in total. The van der Waals surface area contributed by atoms with Gasteiger partial charge in [0, 0.05) is 29.7 Å². The summed E-state index contributed by atoms with van der Waals surface area (Å²) in [7, 11) is 2.21. The molecule has 1 aliphatic heterocycles. The van der Waals surface area contributed by atoms with E-state index in [1.54, 1.807) is 0 Å². The van der Waals surface area contributed by atoms with Crippen LogP contribution in [0.3, 0.4) is 0 Å². The summed E-state index contributed by atoms with van der Waals surface area (Å²) in [5.41, 5.74) is 9.04. The van der Waals surface area contributed by atoms with E-state index in [0.717, 1.165) is 0 Å². The lowest BCUT2D eigenvalue weighted by molar-refractivity contribution is -0.750. The van der Waals surface area contributed by atoms with Crippen molar-refractivity contribution in [1.82, 2.24) is 4.90 Å². The van der Waals surface area contributed by atoms with Crippen LogP contribution in [0.4, 0.5) is 0 Å². The van der Waals surface area contributed by atoms with E-state index >= 15 is 0 Å². The zero-order chi connectivity index (χ0) is 23.1. The van der Waals surface area contributed by atoms with Crippen LogP contribution in [0.5, 0.6) is 0 Å². The minimum Gasteiger partial charge on any atom is -0.236 e. The molecule has 2 heterocycles. The Labute approximate surface area is 196 Å². The van der Waals surface area contributed by atoms with Crippen LogP contribution in [0, 0.1) is 0 Å². The van der Waals surface area contributed by atoms with Gasteiger partial charge >= 0.3 is 0 Å². The second kappa shape index (κ2) is 6.65.